The number of hydrogen-bond donors (Lipinski definition) is 1. The van der Waals surface area contributed by atoms with E-state index >= 15 is 0 Å². The summed E-state index contributed by atoms with van der Waals surface area (Å²) in [7, 11) is 0. The molecule has 7 heavy (non-hydrogen) atoms. The Morgan fingerprint density at radius 1 is 1.86 bits per heavy atom. The number of carbonyl (C=O) groups excluding carboxylic acids is 1. The first kappa shape index (κ1) is 6.72. The van der Waals surface area contributed by atoms with Crippen LogP contribution < -0.4 is 5.73 Å². The van der Waals surface area contributed by atoms with Crippen LogP contribution >= 0.6 is 11.6 Å². The monoisotopic (exact) mass is 124 g/mol. The molecule has 0 spiro atoms. The summed E-state index contributed by atoms with van der Waals surface area (Å²) >= 11 is 4.77. The molecule has 0 unspecified atom stereocenters. The topological polar surface area (TPSA) is 53.9 Å². The number of rotatable bonds is 2. The lowest BCUT2D eigenvalue weighted by molar-refractivity contribution is -0.371. The van der Waals surface area contributed by atoms with Gasteiger partial charge in [0.15, 0.2) is 0 Å². The van der Waals surface area contributed by atoms with Crippen LogP contribution in [0.1, 0.15) is 0 Å². The average molecular weight is 125 g/mol. The van der Waals surface area contributed by atoms with Crippen LogP contribution in [0.15, 0.2) is 0 Å². The van der Waals surface area contributed by atoms with Crippen molar-refractivity contribution in [2.24, 2.45) is 0 Å². The van der Waals surface area contributed by atoms with Crippen LogP contribution in [0.25, 0.3) is 0 Å². The van der Waals surface area contributed by atoms with Gasteiger partial charge in [-0.2, -0.15) is 0 Å². The highest BCUT2D eigenvalue weighted by molar-refractivity contribution is 6.61. The van der Waals surface area contributed by atoms with Crippen LogP contribution in [-0.2, 0) is 4.74 Å². The fraction of sp³-hybridized carbons (Fsp3) is 0.667. The van der Waals surface area contributed by atoms with Crippen LogP contribution in [0.2, 0.25) is 0 Å². The summed E-state index contributed by atoms with van der Waals surface area (Å²) in [6.45, 7) is 0.876. The van der Waals surface area contributed by atoms with Gasteiger partial charge in [0.1, 0.15) is 13.2 Å². The van der Waals surface area contributed by atoms with E-state index in [2.05, 4.69) is 10.5 Å². The highest BCUT2D eigenvalue weighted by atomic mass is 35.5. The molecule has 4 heteroatoms. The van der Waals surface area contributed by atoms with Crippen molar-refractivity contribution in [2.75, 3.05) is 13.2 Å². The van der Waals surface area contributed by atoms with Gasteiger partial charge >= 0.3 is 5.43 Å². The minimum atomic E-state index is -0.761. The SMILES string of the molecule is [NH3+]CCOC(=O)Cl. The minimum absolute atomic E-state index is 0.308. The summed E-state index contributed by atoms with van der Waals surface area (Å²) in [5.74, 6) is 0. The molecule has 0 rings (SSSR count). The highest BCUT2D eigenvalue weighted by Crippen LogP contribution is 1.82. The molecule has 0 radical (unpaired) electrons. The molecule has 0 aromatic heterocycles. The van der Waals surface area contributed by atoms with Gasteiger partial charge < -0.3 is 10.5 Å². The Hall–Kier alpha value is -0.280. The van der Waals surface area contributed by atoms with Crippen molar-refractivity contribution in [1.82, 2.24) is 0 Å². The van der Waals surface area contributed by atoms with E-state index in [0.717, 1.165) is 0 Å². The molecule has 0 aliphatic heterocycles. The van der Waals surface area contributed by atoms with Crippen LogP contribution in [0.4, 0.5) is 4.79 Å². The molecular weight excluding hydrogens is 117 g/mol. The molecular formula is C3H7ClNO2+. The Bertz CT molecular complexity index is 66.0. The highest BCUT2D eigenvalue weighted by Gasteiger charge is 1.90. The normalized spacial score (nSPS) is 8.29. The van der Waals surface area contributed by atoms with E-state index in [0.29, 0.717) is 13.2 Å². The number of quaternary nitrogens is 1. The van der Waals surface area contributed by atoms with Crippen molar-refractivity contribution in [3.05, 3.63) is 0 Å². The van der Waals surface area contributed by atoms with Crippen molar-refractivity contribution < 1.29 is 15.3 Å². The zero-order valence-corrected chi connectivity index (χ0v) is 4.57. The van der Waals surface area contributed by atoms with Crippen LogP contribution in [0.3, 0.4) is 0 Å². The lowest BCUT2D eigenvalue weighted by Gasteiger charge is -1.90. The fourth-order valence-electron chi connectivity index (χ4n) is 0.152. The molecule has 0 atom stereocenters. The van der Waals surface area contributed by atoms with Crippen LogP contribution in [0, 0.1) is 0 Å². The lowest BCUT2D eigenvalue weighted by Crippen LogP contribution is -2.52. The standard InChI is InChI=1S/C3H6ClNO2/c4-3(6)7-2-1-5/h1-2,5H2/p+1. The Labute approximate surface area is 46.4 Å². The average Bonchev–Trinajstić information content (AvgIpc) is 1.61. The van der Waals surface area contributed by atoms with Crippen molar-refractivity contribution in [3.8, 4) is 0 Å². The second-order valence-electron chi connectivity index (χ2n) is 0.940. The zero-order valence-electron chi connectivity index (χ0n) is 3.82. The van der Waals surface area contributed by atoms with Gasteiger partial charge in [0.2, 0.25) is 0 Å². The third-order valence-electron chi connectivity index (χ3n) is 0.360. The van der Waals surface area contributed by atoms with Gasteiger partial charge in [-0.15, -0.1) is 0 Å². The van der Waals surface area contributed by atoms with Crippen molar-refractivity contribution >= 4 is 17.0 Å². The van der Waals surface area contributed by atoms with E-state index in [1.54, 1.807) is 0 Å². The Morgan fingerprint density at radius 3 is 2.57 bits per heavy atom. The molecule has 0 saturated heterocycles. The Balaban J connectivity index is 2.82. The maximum absolute atomic E-state index is 9.72. The summed E-state index contributed by atoms with van der Waals surface area (Å²) in [5.41, 5.74) is 2.66. The third kappa shape index (κ3) is 5.72. The van der Waals surface area contributed by atoms with Crippen LogP contribution in [-0.4, -0.2) is 18.6 Å². The van der Waals surface area contributed by atoms with Gasteiger partial charge in [-0.05, 0) is 0 Å². The van der Waals surface area contributed by atoms with Crippen molar-refractivity contribution in [1.29, 1.82) is 0 Å². The van der Waals surface area contributed by atoms with Gasteiger partial charge in [-0.25, -0.2) is 4.79 Å². The Morgan fingerprint density at radius 2 is 2.43 bits per heavy atom. The molecule has 0 amide bonds. The molecule has 3 nitrogen and oxygen atoms in total. The molecule has 42 valence electrons. The van der Waals surface area contributed by atoms with E-state index < -0.39 is 5.43 Å². The molecule has 0 aliphatic carbocycles. The number of halogens is 1. The lowest BCUT2D eigenvalue weighted by atomic mass is 10.7. The summed E-state index contributed by atoms with van der Waals surface area (Å²) < 4.78 is 4.26. The van der Waals surface area contributed by atoms with Crippen LogP contribution in [0.5, 0.6) is 0 Å². The summed E-state index contributed by atoms with van der Waals surface area (Å²) in [5, 5.41) is 0. The first-order chi connectivity index (χ1) is 3.27. The second kappa shape index (κ2) is 3.89. The van der Waals surface area contributed by atoms with E-state index in [1.807, 2.05) is 0 Å². The molecule has 0 aromatic rings. The molecule has 0 aliphatic rings. The van der Waals surface area contributed by atoms with Crippen molar-refractivity contribution in [2.45, 2.75) is 0 Å². The van der Waals surface area contributed by atoms with Gasteiger partial charge in [0.25, 0.3) is 0 Å². The maximum atomic E-state index is 9.72. The Kier molecular flexibility index (Phi) is 3.74. The maximum Gasteiger partial charge on any atom is 0.403 e. The number of hydrogen-bond acceptors (Lipinski definition) is 2. The molecule has 0 saturated carbocycles. The molecule has 0 bridgehead atoms. The second-order valence-corrected chi connectivity index (χ2v) is 1.25. The van der Waals surface area contributed by atoms with Crippen molar-refractivity contribution in [3.63, 3.8) is 0 Å². The third-order valence-corrected chi connectivity index (χ3v) is 0.469. The van der Waals surface area contributed by atoms with Gasteiger partial charge in [-0.3, -0.25) is 0 Å². The predicted octanol–water partition coefficient (Wildman–Crippen LogP) is -0.396. The molecule has 0 aromatic carbocycles. The van der Waals surface area contributed by atoms with Gasteiger partial charge in [0.05, 0.1) is 0 Å². The van der Waals surface area contributed by atoms with E-state index in [9.17, 15) is 4.79 Å². The fourth-order valence-corrected chi connectivity index (χ4v) is 0.230. The number of ether oxygens (including phenoxy) is 1. The number of carbonyl (C=O) groups is 1. The largest absolute Gasteiger partial charge is 0.448 e. The predicted molar refractivity (Wildman–Crippen MR) is 25.0 cm³/mol. The summed E-state index contributed by atoms with van der Waals surface area (Å²) in [6, 6.07) is 0. The summed E-state index contributed by atoms with van der Waals surface area (Å²) in [4.78, 5) is 9.72. The van der Waals surface area contributed by atoms with E-state index in [-0.39, 0.29) is 0 Å². The summed E-state index contributed by atoms with van der Waals surface area (Å²) in [6.07, 6.45) is 0. The van der Waals surface area contributed by atoms with E-state index in [1.165, 1.54) is 0 Å². The quantitative estimate of drug-likeness (QED) is 0.510. The molecule has 3 N–H and O–H groups in total. The first-order valence-corrected chi connectivity index (χ1v) is 2.26. The molecule has 0 heterocycles. The van der Waals surface area contributed by atoms with E-state index in [4.69, 9.17) is 11.6 Å². The van der Waals surface area contributed by atoms with Gasteiger partial charge in [0, 0.05) is 11.6 Å². The first-order valence-electron chi connectivity index (χ1n) is 1.89. The molecule has 0 fully saturated rings. The van der Waals surface area contributed by atoms with Gasteiger partial charge in [-0.1, -0.05) is 0 Å². The smallest absolute Gasteiger partial charge is 0.403 e. The zero-order chi connectivity index (χ0) is 5.70. The minimum Gasteiger partial charge on any atom is -0.448 e.